The van der Waals surface area contributed by atoms with Crippen LogP contribution in [0.25, 0.3) is 0 Å². The molecule has 0 atom stereocenters. The molecule has 1 amide bonds. The number of aryl methyl sites for hydroxylation is 1. The standard InChI is InChI=1S/C12H16IN3O2/c1-3-16(7-10(14)15-18)12(17)9-6-4-5-8(2)11(9)13/h4-6,18H,3,7H2,1-2H3,(H2,14,15). The highest BCUT2D eigenvalue weighted by Crippen LogP contribution is 2.18. The van der Waals surface area contributed by atoms with Crippen LogP contribution in [0.4, 0.5) is 0 Å². The van der Waals surface area contributed by atoms with E-state index in [4.69, 9.17) is 10.9 Å². The summed E-state index contributed by atoms with van der Waals surface area (Å²) >= 11 is 2.15. The lowest BCUT2D eigenvalue weighted by Gasteiger charge is -2.21. The third kappa shape index (κ3) is 3.34. The molecule has 1 rings (SSSR count). The van der Waals surface area contributed by atoms with E-state index < -0.39 is 0 Å². The lowest BCUT2D eigenvalue weighted by Crippen LogP contribution is -2.38. The Bertz CT molecular complexity index is 474. The molecule has 18 heavy (non-hydrogen) atoms. The van der Waals surface area contributed by atoms with Crippen molar-refractivity contribution >= 4 is 34.3 Å². The summed E-state index contributed by atoms with van der Waals surface area (Å²) in [6.45, 7) is 4.43. The molecule has 0 saturated heterocycles. The summed E-state index contributed by atoms with van der Waals surface area (Å²) in [5.74, 6) is -0.0925. The van der Waals surface area contributed by atoms with Gasteiger partial charge in [0.05, 0.1) is 12.1 Å². The minimum Gasteiger partial charge on any atom is -0.409 e. The molecule has 5 nitrogen and oxygen atoms in total. The van der Waals surface area contributed by atoms with Crippen LogP contribution in [0.2, 0.25) is 0 Å². The summed E-state index contributed by atoms with van der Waals surface area (Å²) in [4.78, 5) is 13.9. The first-order chi connectivity index (χ1) is 8.51. The molecule has 0 bridgehead atoms. The van der Waals surface area contributed by atoms with Crippen LogP contribution >= 0.6 is 22.6 Å². The number of nitrogens with zero attached hydrogens (tertiary/aromatic N) is 2. The average Bonchev–Trinajstić information content (AvgIpc) is 2.38. The summed E-state index contributed by atoms with van der Waals surface area (Å²) in [5, 5.41) is 11.4. The van der Waals surface area contributed by atoms with E-state index >= 15 is 0 Å². The molecule has 1 aromatic carbocycles. The Morgan fingerprint density at radius 1 is 1.56 bits per heavy atom. The average molecular weight is 361 g/mol. The molecule has 0 aromatic heterocycles. The number of halogens is 1. The molecule has 98 valence electrons. The van der Waals surface area contributed by atoms with Crippen LogP contribution in [-0.2, 0) is 0 Å². The fraction of sp³-hybridized carbons (Fsp3) is 0.333. The highest BCUT2D eigenvalue weighted by atomic mass is 127. The van der Waals surface area contributed by atoms with Crippen molar-refractivity contribution in [3.05, 3.63) is 32.9 Å². The number of hydrogen-bond donors (Lipinski definition) is 2. The third-order valence-electron chi connectivity index (χ3n) is 2.57. The molecule has 6 heteroatoms. The number of benzene rings is 1. The van der Waals surface area contributed by atoms with Crippen LogP contribution in [0.15, 0.2) is 23.4 Å². The molecule has 0 aliphatic carbocycles. The van der Waals surface area contributed by atoms with E-state index in [1.807, 2.05) is 26.0 Å². The van der Waals surface area contributed by atoms with Crippen molar-refractivity contribution in [1.29, 1.82) is 0 Å². The zero-order chi connectivity index (χ0) is 13.7. The number of likely N-dealkylation sites (N-methyl/N-ethyl adjacent to an activating group) is 1. The van der Waals surface area contributed by atoms with E-state index in [1.165, 1.54) is 4.90 Å². The minimum atomic E-state index is -0.114. The molecule has 0 aliphatic heterocycles. The quantitative estimate of drug-likeness (QED) is 0.282. The molecular weight excluding hydrogens is 345 g/mol. The number of carbonyl (C=O) groups excluding carboxylic acids is 1. The summed E-state index contributed by atoms with van der Waals surface area (Å²) in [6.07, 6.45) is 0. The van der Waals surface area contributed by atoms with Crippen LogP contribution in [0.1, 0.15) is 22.8 Å². The van der Waals surface area contributed by atoms with Gasteiger partial charge in [0, 0.05) is 10.1 Å². The first-order valence-electron chi connectivity index (χ1n) is 5.52. The Labute approximate surface area is 120 Å². The summed E-state index contributed by atoms with van der Waals surface area (Å²) in [7, 11) is 0. The summed E-state index contributed by atoms with van der Waals surface area (Å²) in [6, 6.07) is 5.59. The van der Waals surface area contributed by atoms with E-state index in [0.717, 1.165) is 9.13 Å². The van der Waals surface area contributed by atoms with Crippen LogP contribution in [-0.4, -0.2) is 34.9 Å². The Kier molecular flexibility index (Phi) is 5.39. The van der Waals surface area contributed by atoms with E-state index in [1.54, 1.807) is 6.07 Å². The van der Waals surface area contributed by atoms with Gasteiger partial charge in [0.2, 0.25) is 0 Å². The number of oxime groups is 1. The number of carbonyl (C=O) groups is 1. The molecule has 0 spiro atoms. The predicted molar refractivity (Wildman–Crippen MR) is 78.9 cm³/mol. The van der Waals surface area contributed by atoms with E-state index in [2.05, 4.69) is 27.7 Å². The van der Waals surface area contributed by atoms with Crippen LogP contribution in [0, 0.1) is 10.5 Å². The zero-order valence-electron chi connectivity index (χ0n) is 10.4. The first-order valence-corrected chi connectivity index (χ1v) is 6.59. The maximum absolute atomic E-state index is 12.3. The monoisotopic (exact) mass is 361 g/mol. The molecule has 0 saturated carbocycles. The first kappa shape index (κ1) is 14.7. The van der Waals surface area contributed by atoms with Crippen molar-refractivity contribution in [2.75, 3.05) is 13.1 Å². The van der Waals surface area contributed by atoms with Crippen molar-refractivity contribution in [2.45, 2.75) is 13.8 Å². The Hall–Kier alpha value is -1.31. The van der Waals surface area contributed by atoms with E-state index in [9.17, 15) is 4.79 Å². The molecular formula is C12H16IN3O2. The number of amides is 1. The van der Waals surface area contributed by atoms with Gasteiger partial charge in [-0.1, -0.05) is 17.3 Å². The van der Waals surface area contributed by atoms with Crippen LogP contribution < -0.4 is 5.73 Å². The van der Waals surface area contributed by atoms with Gasteiger partial charge in [-0.15, -0.1) is 0 Å². The predicted octanol–water partition coefficient (Wildman–Crippen LogP) is 1.81. The zero-order valence-corrected chi connectivity index (χ0v) is 12.5. The molecule has 0 heterocycles. The maximum atomic E-state index is 12.3. The van der Waals surface area contributed by atoms with Gasteiger partial charge < -0.3 is 15.8 Å². The lowest BCUT2D eigenvalue weighted by molar-refractivity contribution is 0.0785. The van der Waals surface area contributed by atoms with Gasteiger partial charge in [-0.2, -0.15) is 0 Å². The number of amidine groups is 1. The van der Waals surface area contributed by atoms with E-state index in [0.29, 0.717) is 12.1 Å². The second-order valence-electron chi connectivity index (χ2n) is 3.85. The van der Waals surface area contributed by atoms with Crippen LogP contribution in [0.5, 0.6) is 0 Å². The van der Waals surface area contributed by atoms with Gasteiger partial charge in [-0.3, -0.25) is 4.79 Å². The number of rotatable bonds is 4. The van der Waals surface area contributed by atoms with Gasteiger partial charge in [0.15, 0.2) is 5.84 Å². The molecule has 0 unspecified atom stereocenters. The molecule has 0 aliphatic rings. The van der Waals surface area contributed by atoms with Gasteiger partial charge in [-0.25, -0.2) is 0 Å². The van der Waals surface area contributed by atoms with Gasteiger partial charge in [0.1, 0.15) is 0 Å². The normalized spacial score (nSPS) is 11.4. The van der Waals surface area contributed by atoms with Gasteiger partial charge in [-0.05, 0) is 48.1 Å². The molecule has 3 N–H and O–H groups in total. The fourth-order valence-corrected chi connectivity index (χ4v) is 2.13. The van der Waals surface area contributed by atoms with Crippen molar-refractivity contribution < 1.29 is 10.0 Å². The second-order valence-corrected chi connectivity index (χ2v) is 4.93. The molecule has 0 radical (unpaired) electrons. The van der Waals surface area contributed by atoms with Gasteiger partial charge >= 0.3 is 0 Å². The third-order valence-corrected chi connectivity index (χ3v) is 4.00. The highest BCUT2D eigenvalue weighted by Gasteiger charge is 2.18. The second kappa shape index (κ2) is 6.58. The van der Waals surface area contributed by atoms with Gasteiger partial charge in [0.25, 0.3) is 5.91 Å². The van der Waals surface area contributed by atoms with Crippen molar-refractivity contribution in [1.82, 2.24) is 4.90 Å². The summed E-state index contributed by atoms with van der Waals surface area (Å²) < 4.78 is 0.929. The number of nitrogens with two attached hydrogens (primary N) is 1. The van der Waals surface area contributed by atoms with Crippen molar-refractivity contribution in [2.24, 2.45) is 10.9 Å². The fourth-order valence-electron chi connectivity index (χ4n) is 1.54. The lowest BCUT2D eigenvalue weighted by atomic mass is 10.1. The summed E-state index contributed by atoms with van der Waals surface area (Å²) in [5.41, 5.74) is 7.14. The maximum Gasteiger partial charge on any atom is 0.255 e. The number of hydrogen-bond acceptors (Lipinski definition) is 3. The van der Waals surface area contributed by atoms with Crippen molar-refractivity contribution in [3.63, 3.8) is 0 Å². The largest absolute Gasteiger partial charge is 0.409 e. The SMILES string of the molecule is CCN(C/C(N)=N/O)C(=O)c1cccc(C)c1I. The van der Waals surface area contributed by atoms with Crippen LogP contribution in [0.3, 0.4) is 0 Å². The topological polar surface area (TPSA) is 78.9 Å². The smallest absolute Gasteiger partial charge is 0.255 e. The molecule has 1 aromatic rings. The highest BCUT2D eigenvalue weighted by molar-refractivity contribution is 14.1. The Morgan fingerprint density at radius 2 is 2.22 bits per heavy atom. The van der Waals surface area contributed by atoms with E-state index in [-0.39, 0.29) is 18.3 Å². The minimum absolute atomic E-state index is 0.0212. The Balaban J connectivity index is 3.00. The molecule has 0 fully saturated rings. The van der Waals surface area contributed by atoms with Crippen molar-refractivity contribution in [3.8, 4) is 0 Å². The Morgan fingerprint density at radius 3 is 2.78 bits per heavy atom.